The van der Waals surface area contributed by atoms with Crippen LogP contribution in [0.1, 0.15) is 25.1 Å². The Bertz CT molecular complexity index is 815. The standard InChI is InChI=1S/C18H20ClF2N3O/c1-11(2)10-24-18(19)14(12(3)22-24)6-8-17(25)23(4)16-9-13(20)5-7-15(16)21/h5-9,11H,10H2,1-4H3/b8-6-. The predicted molar refractivity (Wildman–Crippen MR) is 95.6 cm³/mol. The number of nitrogens with zero attached hydrogens (tertiary/aromatic N) is 3. The van der Waals surface area contributed by atoms with Crippen molar-refractivity contribution in [3.8, 4) is 0 Å². The van der Waals surface area contributed by atoms with Gasteiger partial charge in [-0.1, -0.05) is 25.4 Å². The lowest BCUT2D eigenvalue weighted by molar-refractivity contribution is -0.113. The first-order chi connectivity index (χ1) is 11.7. The molecule has 0 saturated carbocycles. The maximum absolute atomic E-state index is 13.8. The van der Waals surface area contributed by atoms with Crippen molar-refractivity contribution in [3.63, 3.8) is 0 Å². The number of hydrogen-bond acceptors (Lipinski definition) is 2. The van der Waals surface area contributed by atoms with Crippen molar-refractivity contribution < 1.29 is 13.6 Å². The molecule has 0 radical (unpaired) electrons. The molecule has 1 heterocycles. The number of aryl methyl sites for hydroxylation is 1. The van der Waals surface area contributed by atoms with Crippen molar-refractivity contribution >= 4 is 29.3 Å². The summed E-state index contributed by atoms with van der Waals surface area (Å²) in [6.45, 7) is 6.56. The second kappa shape index (κ2) is 7.78. The summed E-state index contributed by atoms with van der Waals surface area (Å²) < 4.78 is 28.7. The van der Waals surface area contributed by atoms with E-state index in [4.69, 9.17) is 11.6 Å². The van der Waals surface area contributed by atoms with Crippen LogP contribution in [0.5, 0.6) is 0 Å². The fourth-order valence-electron chi connectivity index (χ4n) is 2.35. The molecule has 0 aliphatic heterocycles. The summed E-state index contributed by atoms with van der Waals surface area (Å²) in [7, 11) is 1.38. The topological polar surface area (TPSA) is 38.1 Å². The number of aromatic nitrogens is 2. The molecule has 134 valence electrons. The number of hydrogen-bond donors (Lipinski definition) is 0. The summed E-state index contributed by atoms with van der Waals surface area (Å²) >= 11 is 6.31. The molecule has 1 aromatic carbocycles. The molecule has 1 amide bonds. The van der Waals surface area contributed by atoms with E-state index in [1.54, 1.807) is 11.6 Å². The number of halogens is 3. The Hall–Kier alpha value is -2.21. The highest BCUT2D eigenvalue weighted by Crippen LogP contribution is 2.23. The minimum Gasteiger partial charge on any atom is -0.309 e. The van der Waals surface area contributed by atoms with Gasteiger partial charge in [-0.15, -0.1) is 0 Å². The van der Waals surface area contributed by atoms with Crippen molar-refractivity contribution in [3.05, 3.63) is 52.3 Å². The van der Waals surface area contributed by atoms with Gasteiger partial charge < -0.3 is 4.90 Å². The zero-order chi connectivity index (χ0) is 18.7. The minimum absolute atomic E-state index is 0.132. The summed E-state index contributed by atoms with van der Waals surface area (Å²) in [6.07, 6.45) is 2.80. The zero-order valence-electron chi connectivity index (χ0n) is 14.6. The molecule has 0 N–H and O–H groups in total. The second-order valence-corrected chi connectivity index (χ2v) is 6.55. The Morgan fingerprint density at radius 3 is 2.72 bits per heavy atom. The van der Waals surface area contributed by atoms with Crippen LogP contribution in [0.3, 0.4) is 0 Å². The Labute approximate surface area is 150 Å². The lowest BCUT2D eigenvalue weighted by atomic mass is 10.2. The maximum Gasteiger partial charge on any atom is 0.250 e. The van der Waals surface area contributed by atoms with Gasteiger partial charge in [0.05, 0.1) is 11.4 Å². The summed E-state index contributed by atoms with van der Waals surface area (Å²) in [5, 5.41) is 4.80. The molecule has 25 heavy (non-hydrogen) atoms. The number of rotatable bonds is 5. The van der Waals surface area contributed by atoms with Gasteiger partial charge in [-0.2, -0.15) is 5.10 Å². The van der Waals surface area contributed by atoms with E-state index in [9.17, 15) is 13.6 Å². The summed E-state index contributed by atoms with van der Waals surface area (Å²) in [4.78, 5) is 13.3. The molecule has 4 nitrogen and oxygen atoms in total. The van der Waals surface area contributed by atoms with Crippen LogP contribution in [0.15, 0.2) is 24.3 Å². The van der Waals surface area contributed by atoms with Crippen LogP contribution in [0.4, 0.5) is 14.5 Å². The smallest absolute Gasteiger partial charge is 0.250 e. The quantitative estimate of drug-likeness (QED) is 0.732. The van der Waals surface area contributed by atoms with Crippen LogP contribution in [0, 0.1) is 24.5 Å². The average Bonchev–Trinajstić information content (AvgIpc) is 2.80. The molecule has 0 aliphatic rings. The number of amides is 1. The van der Waals surface area contributed by atoms with Gasteiger partial charge in [-0.25, -0.2) is 8.78 Å². The van der Waals surface area contributed by atoms with E-state index in [0.29, 0.717) is 28.9 Å². The molecular formula is C18H20ClF2N3O. The van der Waals surface area contributed by atoms with Gasteiger partial charge in [0.1, 0.15) is 16.8 Å². The first-order valence-electron chi connectivity index (χ1n) is 7.84. The number of likely N-dealkylation sites (N-methyl/N-ethyl adjacent to an activating group) is 1. The number of carbonyl (C=O) groups is 1. The van der Waals surface area contributed by atoms with Gasteiger partial charge >= 0.3 is 0 Å². The van der Waals surface area contributed by atoms with Gasteiger partial charge in [0.2, 0.25) is 0 Å². The van der Waals surface area contributed by atoms with Crippen LogP contribution in [0.2, 0.25) is 5.15 Å². The third-order valence-electron chi connectivity index (χ3n) is 3.64. The molecular weight excluding hydrogens is 348 g/mol. The van der Waals surface area contributed by atoms with Gasteiger partial charge in [0.25, 0.3) is 5.91 Å². The van der Waals surface area contributed by atoms with Crippen LogP contribution in [-0.4, -0.2) is 22.7 Å². The molecule has 0 saturated heterocycles. The molecule has 0 atom stereocenters. The lowest BCUT2D eigenvalue weighted by Crippen LogP contribution is -2.25. The molecule has 0 bridgehead atoms. The van der Waals surface area contributed by atoms with Crippen molar-refractivity contribution in [1.29, 1.82) is 0 Å². The van der Waals surface area contributed by atoms with Crippen molar-refractivity contribution in [2.75, 3.05) is 11.9 Å². The fourth-order valence-corrected chi connectivity index (χ4v) is 2.66. The van der Waals surface area contributed by atoms with Gasteiger partial charge in [-0.05, 0) is 31.1 Å². The van der Waals surface area contributed by atoms with E-state index < -0.39 is 17.5 Å². The van der Waals surface area contributed by atoms with E-state index in [0.717, 1.165) is 23.1 Å². The van der Waals surface area contributed by atoms with Gasteiger partial charge in [0.15, 0.2) is 0 Å². The summed E-state index contributed by atoms with van der Waals surface area (Å²) in [6, 6.07) is 2.95. The van der Waals surface area contributed by atoms with Crippen LogP contribution in [-0.2, 0) is 11.3 Å². The zero-order valence-corrected chi connectivity index (χ0v) is 15.3. The first-order valence-corrected chi connectivity index (χ1v) is 8.22. The fraction of sp³-hybridized carbons (Fsp3) is 0.333. The minimum atomic E-state index is -0.676. The summed E-state index contributed by atoms with van der Waals surface area (Å²) in [5.41, 5.74) is 1.19. The van der Waals surface area contributed by atoms with Crippen LogP contribution in [0.25, 0.3) is 6.08 Å². The van der Waals surface area contributed by atoms with E-state index >= 15 is 0 Å². The normalized spacial score (nSPS) is 11.5. The Morgan fingerprint density at radius 2 is 2.08 bits per heavy atom. The van der Waals surface area contributed by atoms with E-state index in [1.807, 2.05) is 0 Å². The molecule has 0 spiro atoms. The molecule has 2 rings (SSSR count). The number of anilines is 1. The van der Waals surface area contributed by atoms with Crippen LogP contribution >= 0.6 is 11.6 Å². The SMILES string of the molecule is Cc1nn(CC(C)C)c(Cl)c1/C=C\C(=O)N(C)c1cc(F)ccc1F. The highest BCUT2D eigenvalue weighted by Gasteiger charge is 2.15. The van der Waals surface area contributed by atoms with Crippen molar-refractivity contribution in [2.24, 2.45) is 5.92 Å². The summed E-state index contributed by atoms with van der Waals surface area (Å²) in [5.74, 6) is -1.42. The predicted octanol–water partition coefficient (Wildman–Crippen LogP) is 4.46. The van der Waals surface area contributed by atoms with Crippen molar-refractivity contribution in [2.45, 2.75) is 27.3 Å². The molecule has 0 aliphatic carbocycles. The van der Waals surface area contributed by atoms with Gasteiger partial charge in [-0.3, -0.25) is 9.48 Å². The average molecular weight is 368 g/mol. The molecule has 2 aromatic rings. The highest BCUT2D eigenvalue weighted by atomic mass is 35.5. The van der Waals surface area contributed by atoms with E-state index in [-0.39, 0.29) is 5.69 Å². The third kappa shape index (κ3) is 4.45. The van der Waals surface area contributed by atoms with Crippen molar-refractivity contribution in [1.82, 2.24) is 9.78 Å². The lowest BCUT2D eigenvalue weighted by Gasteiger charge is -2.16. The monoisotopic (exact) mass is 367 g/mol. The van der Waals surface area contributed by atoms with Gasteiger partial charge in [0, 0.05) is 31.3 Å². The Morgan fingerprint density at radius 1 is 1.40 bits per heavy atom. The first kappa shape index (κ1) is 19.1. The van der Waals surface area contributed by atoms with Crippen LogP contribution < -0.4 is 4.90 Å². The second-order valence-electron chi connectivity index (χ2n) is 6.19. The largest absolute Gasteiger partial charge is 0.309 e. The Kier molecular flexibility index (Phi) is 5.95. The highest BCUT2D eigenvalue weighted by molar-refractivity contribution is 6.31. The molecule has 0 fully saturated rings. The van der Waals surface area contributed by atoms with E-state index in [1.165, 1.54) is 19.2 Å². The molecule has 7 heteroatoms. The number of benzene rings is 1. The maximum atomic E-state index is 13.8. The number of carbonyl (C=O) groups excluding carboxylic acids is 1. The third-order valence-corrected chi connectivity index (χ3v) is 4.04. The molecule has 1 aromatic heterocycles. The molecule has 0 unspecified atom stereocenters. The van der Waals surface area contributed by atoms with E-state index in [2.05, 4.69) is 18.9 Å². The Balaban J connectivity index is 2.23.